The van der Waals surface area contributed by atoms with Gasteiger partial charge in [0.05, 0.1) is 18.6 Å². The highest BCUT2D eigenvalue weighted by atomic mass is 32.2. The summed E-state index contributed by atoms with van der Waals surface area (Å²) in [5.41, 5.74) is 0.995. The molecular formula is C22H23F3N4O2S. The fourth-order valence-corrected chi connectivity index (χ4v) is 4.41. The molecule has 2 heterocycles. The molecule has 32 heavy (non-hydrogen) atoms. The van der Waals surface area contributed by atoms with E-state index in [9.17, 15) is 18.0 Å². The number of carbonyl (C=O) groups is 1. The number of halogens is 3. The molecular weight excluding hydrogens is 441 g/mol. The normalized spacial score (nSPS) is 15.0. The summed E-state index contributed by atoms with van der Waals surface area (Å²) in [5.74, 6) is 0.442. The molecule has 1 aromatic carbocycles. The Morgan fingerprint density at radius 1 is 1.22 bits per heavy atom. The summed E-state index contributed by atoms with van der Waals surface area (Å²) in [6.45, 7) is 0.891. The highest BCUT2D eigenvalue weighted by Gasteiger charge is 2.40. The molecule has 1 fully saturated rings. The van der Waals surface area contributed by atoms with Gasteiger partial charge in [0.25, 0.3) is 0 Å². The SMILES string of the molecule is CC(C1CC1)N(CC(F)(F)F)C(=O)CSc1nnc(-c2ccco2)n1Cc1ccccc1. The molecule has 4 rings (SSSR count). The van der Waals surface area contributed by atoms with Crippen molar-refractivity contribution in [1.82, 2.24) is 19.7 Å². The molecule has 0 aliphatic heterocycles. The van der Waals surface area contributed by atoms with E-state index >= 15 is 0 Å². The van der Waals surface area contributed by atoms with Crippen molar-refractivity contribution in [2.45, 2.75) is 43.7 Å². The summed E-state index contributed by atoms with van der Waals surface area (Å²) in [5, 5.41) is 8.84. The molecule has 0 radical (unpaired) electrons. The maximum atomic E-state index is 13.1. The first kappa shape index (κ1) is 22.4. The summed E-state index contributed by atoms with van der Waals surface area (Å²) >= 11 is 1.09. The lowest BCUT2D eigenvalue weighted by atomic mass is 10.2. The maximum Gasteiger partial charge on any atom is 0.406 e. The standard InChI is InChI=1S/C22H23F3N4O2S/c1-15(17-9-10-17)29(14-22(23,24)25)19(30)13-32-21-27-26-20(18-8-5-11-31-18)28(21)12-16-6-3-2-4-7-16/h2-8,11,15,17H,9-10,12-14H2,1H3. The van der Waals surface area contributed by atoms with E-state index in [1.54, 1.807) is 19.1 Å². The van der Waals surface area contributed by atoms with Gasteiger partial charge in [-0.3, -0.25) is 9.36 Å². The van der Waals surface area contributed by atoms with E-state index in [2.05, 4.69) is 10.2 Å². The smallest absolute Gasteiger partial charge is 0.406 e. The highest BCUT2D eigenvalue weighted by molar-refractivity contribution is 7.99. The average Bonchev–Trinajstić information content (AvgIpc) is 3.32. The number of amides is 1. The Labute approximate surface area is 187 Å². The van der Waals surface area contributed by atoms with E-state index in [0.29, 0.717) is 23.3 Å². The molecule has 3 aromatic rings. The van der Waals surface area contributed by atoms with Crippen molar-refractivity contribution in [2.24, 2.45) is 5.92 Å². The molecule has 1 aliphatic rings. The Morgan fingerprint density at radius 2 is 1.97 bits per heavy atom. The van der Waals surface area contributed by atoms with E-state index in [-0.39, 0.29) is 11.7 Å². The number of carbonyl (C=O) groups excluding carboxylic acids is 1. The number of alkyl halides is 3. The zero-order valence-electron chi connectivity index (χ0n) is 17.5. The summed E-state index contributed by atoms with van der Waals surface area (Å²) in [7, 11) is 0. The summed E-state index contributed by atoms with van der Waals surface area (Å²) in [4.78, 5) is 13.8. The van der Waals surface area contributed by atoms with Gasteiger partial charge < -0.3 is 9.32 Å². The number of nitrogens with zero attached hydrogens (tertiary/aromatic N) is 4. The number of thioether (sulfide) groups is 1. The third-order valence-corrected chi connectivity index (χ3v) is 6.38. The van der Waals surface area contributed by atoms with Crippen LogP contribution in [0.15, 0.2) is 58.3 Å². The molecule has 0 spiro atoms. The monoisotopic (exact) mass is 464 g/mol. The van der Waals surface area contributed by atoms with Crippen LogP contribution in [-0.2, 0) is 11.3 Å². The molecule has 0 saturated heterocycles. The number of hydrogen-bond acceptors (Lipinski definition) is 5. The Bertz CT molecular complexity index is 1030. The van der Waals surface area contributed by atoms with Crippen LogP contribution in [0.3, 0.4) is 0 Å². The van der Waals surface area contributed by atoms with Crippen molar-refractivity contribution in [3.05, 3.63) is 54.3 Å². The highest BCUT2D eigenvalue weighted by Crippen LogP contribution is 2.36. The molecule has 1 saturated carbocycles. The second kappa shape index (κ2) is 9.40. The first-order chi connectivity index (χ1) is 15.3. The van der Waals surface area contributed by atoms with Gasteiger partial charge in [0, 0.05) is 6.04 Å². The largest absolute Gasteiger partial charge is 0.461 e. The van der Waals surface area contributed by atoms with Gasteiger partial charge in [-0.15, -0.1) is 10.2 Å². The van der Waals surface area contributed by atoms with Crippen molar-refractivity contribution < 1.29 is 22.4 Å². The van der Waals surface area contributed by atoms with Gasteiger partial charge in [-0.2, -0.15) is 13.2 Å². The Morgan fingerprint density at radius 3 is 2.59 bits per heavy atom. The molecule has 6 nitrogen and oxygen atoms in total. The van der Waals surface area contributed by atoms with Crippen molar-refractivity contribution in [2.75, 3.05) is 12.3 Å². The number of furan rings is 1. The quantitative estimate of drug-likeness (QED) is 0.423. The van der Waals surface area contributed by atoms with Crippen LogP contribution >= 0.6 is 11.8 Å². The van der Waals surface area contributed by atoms with Crippen LogP contribution in [0, 0.1) is 5.92 Å². The first-order valence-electron chi connectivity index (χ1n) is 10.3. The number of rotatable bonds is 9. The van der Waals surface area contributed by atoms with Gasteiger partial charge in [0.2, 0.25) is 11.7 Å². The Balaban J connectivity index is 1.53. The zero-order chi connectivity index (χ0) is 22.7. The third kappa shape index (κ3) is 5.53. The first-order valence-corrected chi connectivity index (χ1v) is 11.3. The lowest BCUT2D eigenvalue weighted by Crippen LogP contribution is -2.46. The van der Waals surface area contributed by atoms with Crippen LogP contribution in [0.2, 0.25) is 0 Å². The maximum absolute atomic E-state index is 13.1. The average molecular weight is 465 g/mol. The molecule has 170 valence electrons. The second-order valence-corrected chi connectivity index (χ2v) is 8.80. The van der Waals surface area contributed by atoms with E-state index in [0.717, 1.165) is 35.1 Å². The van der Waals surface area contributed by atoms with Gasteiger partial charge in [-0.1, -0.05) is 42.1 Å². The predicted octanol–water partition coefficient (Wildman–Crippen LogP) is 4.87. The molecule has 1 aliphatic carbocycles. The van der Waals surface area contributed by atoms with Crippen LogP contribution < -0.4 is 0 Å². The summed E-state index contributed by atoms with van der Waals surface area (Å²) < 4.78 is 46.6. The Hall–Kier alpha value is -2.75. The van der Waals surface area contributed by atoms with Crippen LogP contribution in [0.4, 0.5) is 13.2 Å². The van der Waals surface area contributed by atoms with E-state index in [1.807, 2.05) is 34.9 Å². The minimum atomic E-state index is -4.44. The van der Waals surface area contributed by atoms with Gasteiger partial charge in [-0.05, 0) is 43.4 Å². The third-order valence-electron chi connectivity index (χ3n) is 5.43. The Kier molecular flexibility index (Phi) is 6.59. The number of hydrogen-bond donors (Lipinski definition) is 0. The fourth-order valence-electron chi connectivity index (χ4n) is 3.59. The van der Waals surface area contributed by atoms with Crippen LogP contribution in [0.5, 0.6) is 0 Å². The summed E-state index contributed by atoms with van der Waals surface area (Å²) in [6.07, 6.45) is -1.20. The van der Waals surface area contributed by atoms with Crippen molar-refractivity contribution in [3.8, 4) is 11.6 Å². The minimum Gasteiger partial charge on any atom is -0.461 e. The van der Waals surface area contributed by atoms with Gasteiger partial charge >= 0.3 is 6.18 Å². The molecule has 1 atom stereocenters. The van der Waals surface area contributed by atoms with E-state index in [1.165, 1.54) is 6.26 Å². The molecule has 1 unspecified atom stereocenters. The van der Waals surface area contributed by atoms with Crippen molar-refractivity contribution >= 4 is 17.7 Å². The van der Waals surface area contributed by atoms with Crippen molar-refractivity contribution in [3.63, 3.8) is 0 Å². The van der Waals surface area contributed by atoms with Crippen LogP contribution in [-0.4, -0.2) is 50.1 Å². The minimum absolute atomic E-state index is 0.138. The van der Waals surface area contributed by atoms with Gasteiger partial charge in [0.1, 0.15) is 6.54 Å². The van der Waals surface area contributed by atoms with Gasteiger partial charge in [0.15, 0.2) is 10.9 Å². The molecule has 0 N–H and O–H groups in total. The fraction of sp³-hybridized carbons (Fsp3) is 0.409. The van der Waals surface area contributed by atoms with Crippen LogP contribution in [0.25, 0.3) is 11.6 Å². The van der Waals surface area contributed by atoms with Crippen molar-refractivity contribution in [1.29, 1.82) is 0 Å². The topological polar surface area (TPSA) is 64.2 Å². The zero-order valence-corrected chi connectivity index (χ0v) is 18.3. The number of benzene rings is 1. The van der Waals surface area contributed by atoms with E-state index < -0.39 is 24.7 Å². The summed E-state index contributed by atoms with van der Waals surface area (Å²) in [6, 6.07) is 12.7. The molecule has 2 aromatic heterocycles. The number of aromatic nitrogens is 3. The molecule has 0 bridgehead atoms. The lowest BCUT2D eigenvalue weighted by molar-refractivity contribution is -0.164. The molecule has 10 heteroatoms. The molecule has 1 amide bonds. The van der Waals surface area contributed by atoms with E-state index in [4.69, 9.17) is 4.42 Å². The predicted molar refractivity (Wildman–Crippen MR) is 114 cm³/mol. The van der Waals surface area contributed by atoms with Crippen LogP contribution in [0.1, 0.15) is 25.3 Å². The lowest BCUT2D eigenvalue weighted by Gasteiger charge is -2.30. The second-order valence-electron chi connectivity index (χ2n) is 7.86. The van der Waals surface area contributed by atoms with Gasteiger partial charge in [-0.25, -0.2) is 0 Å².